The van der Waals surface area contributed by atoms with E-state index in [2.05, 4.69) is 20.3 Å². The van der Waals surface area contributed by atoms with E-state index in [0.717, 1.165) is 22.2 Å². The molecule has 0 radical (unpaired) electrons. The maximum atomic E-state index is 13.0. The van der Waals surface area contributed by atoms with Crippen molar-refractivity contribution in [1.82, 2.24) is 20.3 Å². The molecule has 1 unspecified atom stereocenters. The van der Waals surface area contributed by atoms with Crippen LogP contribution in [0.15, 0.2) is 59.4 Å². The molecule has 198 valence electrons. The molecule has 0 spiro atoms. The molecule has 10 nitrogen and oxygen atoms in total. The topological polar surface area (TPSA) is 146 Å². The molecule has 1 atom stereocenters. The number of H-pyrrole nitrogens is 2. The van der Waals surface area contributed by atoms with E-state index in [-0.39, 0.29) is 12.1 Å². The van der Waals surface area contributed by atoms with Crippen molar-refractivity contribution in [3.8, 4) is 11.6 Å². The lowest BCUT2D eigenvalue weighted by Crippen LogP contribution is -2.33. The number of pyridine rings is 1. The van der Waals surface area contributed by atoms with Crippen LogP contribution in [-0.2, 0) is 16.1 Å². The first-order valence-corrected chi connectivity index (χ1v) is 12.1. The minimum atomic E-state index is -1.03. The quantitative estimate of drug-likeness (QED) is 0.257. The van der Waals surface area contributed by atoms with E-state index in [9.17, 15) is 19.5 Å². The Hall–Kier alpha value is -4.60. The maximum Gasteiger partial charge on any atom is 0.326 e. The predicted molar refractivity (Wildman–Crippen MR) is 141 cm³/mol. The van der Waals surface area contributed by atoms with Crippen LogP contribution in [0.5, 0.6) is 11.6 Å². The van der Waals surface area contributed by atoms with E-state index in [1.165, 1.54) is 0 Å². The SMILES string of the molecule is Cc1cc(COc2ccc(C(=O)NC(CC(=O)OC(C)(C)C)c3[nH]c(=O)[nH]c3O)cc2)c2ccccc2n1. The van der Waals surface area contributed by atoms with Crippen LogP contribution in [0.3, 0.4) is 0 Å². The van der Waals surface area contributed by atoms with Gasteiger partial charge in [0, 0.05) is 22.2 Å². The molecule has 2 aromatic heterocycles. The largest absolute Gasteiger partial charge is 0.493 e. The van der Waals surface area contributed by atoms with Crippen molar-refractivity contribution >= 4 is 22.8 Å². The average molecular weight is 519 g/mol. The molecule has 0 aliphatic heterocycles. The van der Waals surface area contributed by atoms with Gasteiger partial charge in [0.15, 0.2) is 0 Å². The molecule has 0 fully saturated rings. The highest BCUT2D eigenvalue weighted by atomic mass is 16.6. The lowest BCUT2D eigenvalue weighted by molar-refractivity contribution is -0.155. The van der Waals surface area contributed by atoms with Crippen molar-refractivity contribution in [3.63, 3.8) is 0 Å². The monoisotopic (exact) mass is 518 g/mol. The highest BCUT2D eigenvalue weighted by Gasteiger charge is 2.27. The van der Waals surface area contributed by atoms with E-state index < -0.39 is 35.1 Å². The number of esters is 1. The summed E-state index contributed by atoms with van der Waals surface area (Å²) in [6, 6.07) is 15.3. The Morgan fingerprint density at radius 3 is 2.45 bits per heavy atom. The zero-order valence-corrected chi connectivity index (χ0v) is 21.6. The van der Waals surface area contributed by atoms with Gasteiger partial charge in [0.25, 0.3) is 5.91 Å². The lowest BCUT2D eigenvalue weighted by atomic mass is 10.1. The summed E-state index contributed by atoms with van der Waals surface area (Å²) in [6.07, 6.45) is -0.301. The third-order valence-corrected chi connectivity index (χ3v) is 5.62. The van der Waals surface area contributed by atoms with Crippen molar-refractivity contribution in [2.75, 3.05) is 0 Å². The van der Waals surface area contributed by atoms with Gasteiger partial charge >= 0.3 is 11.7 Å². The molecule has 0 aliphatic carbocycles. The third-order valence-electron chi connectivity index (χ3n) is 5.62. The van der Waals surface area contributed by atoms with Crippen molar-refractivity contribution in [2.45, 2.75) is 52.4 Å². The van der Waals surface area contributed by atoms with Gasteiger partial charge in [-0.25, -0.2) is 4.79 Å². The highest BCUT2D eigenvalue weighted by Crippen LogP contribution is 2.25. The Morgan fingerprint density at radius 2 is 1.79 bits per heavy atom. The number of aryl methyl sites for hydroxylation is 1. The molecule has 38 heavy (non-hydrogen) atoms. The second kappa shape index (κ2) is 10.8. The molecular weight excluding hydrogens is 488 g/mol. The zero-order chi connectivity index (χ0) is 27.4. The van der Waals surface area contributed by atoms with Gasteiger partial charge in [-0.15, -0.1) is 0 Å². The van der Waals surface area contributed by atoms with Crippen LogP contribution in [0.4, 0.5) is 0 Å². The van der Waals surface area contributed by atoms with E-state index >= 15 is 0 Å². The van der Waals surface area contributed by atoms with Crippen molar-refractivity contribution in [2.24, 2.45) is 0 Å². The highest BCUT2D eigenvalue weighted by molar-refractivity contribution is 5.94. The number of carbonyl (C=O) groups excluding carboxylic acids is 2. The summed E-state index contributed by atoms with van der Waals surface area (Å²) in [7, 11) is 0. The number of aromatic amines is 2. The van der Waals surface area contributed by atoms with Crippen LogP contribution in [0.25, 0.3) is 10.9 Å². The first-order valence-electron chi connectivity index (χ1n) is 12.1. The Morgan fingerprint density at radius 1 is 1.08 bits per heavy atom. The van der Waals surface area contributed by atoms with Gasteiger partial charge in [-0.2, -0.15) is 0 Å². The van der Waals surface area contributed by atoms with Gasteiger partial charge in [0.1, 0.15) is 23.7 Å². The lowest BCUT2D eigenvalue weighted by Gasteiger charge is -2.22. The second-order valence-electron chi connectivity index (χ2n) is 9.91. The van der Waals surface area contributed by atoms with Crippen LogP contribution in [0.2, 0.25) is 0 Å². The summed E-state index contributed by atoms with van der Waals surface area (Å²) in [5.41, 5.74) is 1.66. The number of carbonyl (C=O) groups is 2. The Balaban J connectivity index is 1.46. The van der Waals surface area contributed by atoms with E-state index in [1.54, 1.807) is 45.0 Å². The van der Waals surface area contributed by atoms with Crippen LogP contribution >= 0.6 is 0 Å². The van der Waals surface area contributed by atoms with Gasteiger partial charge in [-0.3, -0.25) is 19.6 Å². The molecule has 0 saturated heterocycles. The third kappa shape index (κ3) is 6.58. The van der Waals surface area contributed by atoms with Gasteiger partial charge in [0.05, 0.1) is 18.0 Å². The zero-order valence-electron chi connectivity index (χ0n) is 21.6. The van der Waals surface area contributed by atoms with Crippen LogP contribution in [0.1, 0.15) is 60.5 Å². The molecular formula is C28H30N4O6. The molecule has 4 N–H and O–H groups in total. The molecule has 2 aromatic carbocycles. The number of imidazole rings is 1. The van der Waals surface area contributed by atoms with Gasteiger partial charge in [-0.1, -0.05) is 18.2 Å². The second-order valence-corrected chi connectivity index (χ2v) is 9.91. The van der Waals surface area contributed by atoms with Gasteiger partial charge in [-0.05, 0) is 64.1 Å². The number of nitrogens with zero attached hydrogens (tertiary/aromatic N) is 1. The molecule has 0 saturated carbocycles. The van der Waals surface area contributed by atoms with E-state index in [1.807, 2.05) is 37.3 Å². The molecule has 0 bridgehead atoms. The van der Waals surface area contributed by atoms with Crippen molar-refractivity contribution in [1.29, 1.82) is 0 Å². The number of amides is 1. The van der Waals surface area contributed by atoms with Gasteiger partial charge < -0.3 is 24.9 Å². The number of fused-ring (bicyclic) bond motifs is 1. The number of hydrogen-bond acceptors (Lipinski definition) is 7. The smallest absolute Gasteiger partial charge is 0.326 e. The number of aromatic hydroxyl groups is 1. The Kier molecular flexibility index (Phi) is 7.52. The fourth-order valence-corrected chi connectivity index (χ4v) is 4.03. The van der Waals surface area contributed by atoms with Crippen LogP contribution in [-0.4, -0.2) is 37.5 Å². The average Bonchev–Trinajstić information content (AvgIpc) is 3.18. The summed E-state index contributed by atoms with van der Waals surface area (Å²) in [4.78, 5) is 46.2. The summed E-state index contributed by atoms with van der Waals surface area (Å²) in [6.45, 7) is 7.41. The summed E-state index contributed by atoms with van der Waals surface area (Å²) in [5, 5.41) is 13.8. The number of benzene rings is 2. The number of para-hydroxylation sites is 1. The minimum absolute atomic E-state index is 0.0194. The molecule has 4 rings (SSSR count). The fourth-order valence-electron chi connectivity index (χ4n) is 4.03. The number of aromatic nitrogens is 3. The normalized spacial score (nSPS) is 12.2. The summed E-state index contributed by atoms with van der Waals surface area (Å²) >= 11 is 0. The summed E-state index contributed by atoms with van der Waals surface area (Å²) in [5.74, 6) is -1.02. The number of hydrogen-bond donors (Lipinski definition) is 4. The molecule has 10 heteroatoms. The van der Waals surface area contributed by atoms with E-state index in [4.69, 9.17) is 9.47 Å². The van der Waals surface area contributed by atoms with Crippen LogP contribution < -0.4 is 15.7 Å². The number of ether oxygens (including phenoxy) is 2. The molecule has 4 aromatic rings. The number of nitrogens with one attached hydrogen (secondary N) is 3. The Labute approximate surface area is 219 Å². The Bertz CT molecular complexity index is 1520. The fraction of sp³-hybridized carbons (Fsp3) is 0.286. The van der Waals surface area contributed by atoms with Crippen molar-refractivity contribution in [3.05, 3.63) is 87.6 Å². The molecule has 0 aliphatic rings. The summed E-state index contributed by atoms with van der Waals surface area (Å²) < 4.78 is 11.3. The standard InChI is InChI=1S/C28H30N4O6/c1-16-13-18(20-7-5-6-8-21(20)29-16)15-37-19-11-9-17(10-12-19)25(34)30-22(14-23(33)38-28(2,3)4)24-26(35)32-27(36)31-24/h5-13,22,35H,14-15H2,1-4H3,(H,30,34)(H2,31,32,36). The maximum absolute atomic E-state index is 13.0. The number of rotatable bonds is 8. The first kappa shape index (κ1) is 26.5. The molecule has 1 amide bonds. The van der Waals surface area contributed by atoms with Gasteiger partial charge in [0.2, 0.25) is 5.88 Å². The minimum Gasteiger partial charge on any atom is -0.493 e. The molecule has 2 heterocycles. The predicted octanol–water partition coefficient (Wildman–Crippen LogP) is 4.05. The van der Waals surface area contributed by atoms with Crippen LogP contribution in [0, 0.1) is 6.92 Å². The van der Waals surface area contributed by atoms with Crippen molar-refractivity contribution < 1.29 is 24.2 Å². The van der Waals surface area contributed by atoms with E-state index in [0.29, 0.717) is 17.9 Å². The first-order chi connectivity index (χ1) is 18.0.